The molecule has 2 rings (SSSR count). The highest BCUT2D eigenvalue weighted by Crippen LogP contribution is 2.27. The SMILES string of the molecule is CCn1cc(CC(N)c2cc(OC)cs2)cn1. The van der Waals surface area contributed by atoms with E-state index in [9.17, 15) is 0 Å². The van der Waals surface area contributed by atoms with E-state index in [1.165, 1.54) is 5.56 Å². The first-order chi connectivity index (χ1) is 8.22. The van der Waals surface area contributed by atoms with Crippen LogP contribution in [0.5, 0.6) is 5.75 Å². The van der Waals surface area contributed by atoms with E-state index in [0.717, 1.165) is 23.6 Å². The standard InChI is InChI=1S/C12H17N3OS/c1-3-15-7-9(6-14-15)4-11(13)12-5-10(16-2)8-17-12/h5-8,11H,3-4,13H2,1-2H3. The van der Waals surface area contributed by atoms with Gasteiger partial charge in [0.25, 0.3) is 0 Å². The lowest BCUT2D eigenvalue weighted by Crippen LogP contribution is -2.11. The molecule has 0 radical (unpaired) electrons. The minimum Gasteiger partial charge on any atom is -0.496 e. The summed E-state index contributed by atoms with van der Waals surface area (Å²) in [5.41, 5.74) is 7.34. The lowest BCUT2D eigenvalue weighted by molar-refractivity contribution is 0.416. The summed E-state index contributed by atoms with van der Waals surface area (Å²) in [4.78, 5) is 1.14. The number of aromatic nitrogens is 2. The maximum atomic E-state index is 6.16. The zero-order chi connectivity index (χ0) is 12.3. The molecule has 2 N–H and O–H groups in total. The van der Waals surface area contributed by atoms with E-state index in [4.69, 9.17) is 10.5 Å². The quantitative estimate of drug-likeness (QED) is 0.886. The summed E-state index contributed by atoms with van der Waals surface area (Å²) in [6.45, 7) is 2.96. The fourth-order valence-electron chi connectivity index (χ4n) is 1.68. The molecule has 5 heteroatoms. The summed E-state index contributed by atoms with van der Waals surface area (Å²) in [6, 6.07) is 2.01. The fraction of sp³-hybridized carbons (Fsp3) is 0.417. The third kappa shape index (κ3) is 2.87. The number of rotatable bonds is 5. The molecule has 2 aromatic rings. The Kier molecular flexibility index (Phi) is 3.81. The Balaban J connectivity index is 2.02. The molecule has 2 heterocycles. The van der Waals surface area contributed by atoms with Crippen molar-refractivity contribution in [2.24, 2.45) is 5.73 Å². The number of nitrogens with zero attached hydrogens (tertiary/aromatic N) is 2. The molecule has 0 amide bonds. The summed E-state index contributed by atoms with van der Waals surface area (Å²) in [6.07, 6.45) is 4.74. The van der Waals surface area contributed by atoms with E-state index in [0.29, 0.717) is 0 Å². The van der Waals surface area contributed by atoms with Crippen LogP contribution >= 0.6 is 11.3 Å². The number of thiophene rings is 1. The fourth-order valence-corrected chi connectivity index (χ4v) is 2.53. The Morgan fingerprint density at radius 3 is 3.00 bits per heavy atom. The number of methoxy groups -OCH3 is 1. The van der Waals surface area contributed by atoms with Gasteiger partial charge in [-0.2, -0.15) is 5.10 Å². The van der Waals surface area contributed by atoms with Gasteiger partial charge in [0.15, 0.2) is 0 Å². The van der Waals surface area contributed by atoms with Crippen molar-refractivity contribution in [3.05, 3.63) is 34.3 Å². The second-order valence-corrected chi connectivity index (χ2v) is 4.85. The van der Waals surface area contributed by atoms with Crippen LogP contribution in [-0.2, 0) is 13.0 Å². The predicted octanol–water partition coefficient (Wildman–Crippen LogP) is 2.22. The average molecular weight is 251 g/mol. The van der Waals surface area contributed by atoms with E-state index in [1.807, 2.05) is 28.5 Å². The number of aryl methyl sites for hydroxylation is 1. The lowest BCUT2D eigenvalue weighted by atomic mass is 10.1. The number of hydrogen-bond acceptors (Lipinski definition) is 4. The molecule has 2 aromatic heterocycles. The van der Waals surface area contributed by atoms with Crippen molar-refractivity contribution in [2.75, 3.05) is 7.11 Å². The topological polar surface area (TPSA) is 53.1 Å². The van der Waals surface area contributed by atoms with Gasteiger partial charge in [-0.1, -0.05) is 0 Å². The molecule has 4 nitrogen and oxygen atoms in total. The van der Waals surface area contributed by atoms with Gasteiger partial charge >= 0.3 is 0 Å². The van der Waals surface area contributed by atoms with Crippen LogP contribution in [0.25, 0.3) is 0 Å². The van der Waals surface area contributed by atoms with E-state index in [-0.39, 0.29) is 6.04 Å². The Morgan fingerprint density at radius 2 is 2.41 bits per heavy atom. The Bertz CT molecular complexity index is 478. The highest BCUT2D eigenvalue weighted by molar-refractivity contribution is 7.10. The normalized spacial score (nSPS) is 12.6. The van der Waals surface area contributed by atoms with Gasteiger partial charge in [-0.05, 0) is 25.0 Å². The van der Waals surface area contributed by atoms with Gasteiger partial charge in [0, 0.05) is 29.0 Å². The van der Waals surface area contributed by atoms with Gasteiger partial charge in [-0.25, -0.2) is 0 Å². The monoisotopic (exact) mass is 251 g/mol. The third-order valence-corrected chi connectivity index (χ3v) is 3.71. The molecule has 0 aromatic carbocycles. The van der Waals surface area contributed by atoms with E-state index in [1.54, 1.807) is 18.4 Å². The molecule has 1 unspecified atom stereocenters. The summed E-state index contributed by atoms with van der Waals surface area (Å²) in [7, 11) is 1.67. The van der Waals surface area contributed by atoms with Gasteiger partial charge in [-0.3, -0.25) is 4.68 Å². The van der Waals surface area contributed by atoms with Crippen molar-refractivity contribution in [2.45, 2.75) is 25.9 Å². The highest BCUT2D eigenvalue weighted by Gasteiger charge is 2.11. The van der Waals surface area contributed by atoms with Crippen molar-refractivity contribution >= 4 is 11.3 Å². The molecule has 0 aliphatic heterocycles. The largest absolute Gasteiger partial charge is 0.496 e. The molecule has 0 aliphatic carbocycles. The molecule has 92 valence electrons. The zero-order valence-corrected chi connectivity index (χ0v) is 10.9. The van der Waals surface area contributed by atoms with Crippen LogP contribution in [0.2, 0.25) is 0 Å². The smallest absolute Gasteiger partial charge is 0.129 e. The van der Waals surface area contributed by atoms with Crippen LogP contribution in [0.3, 0.4) is 0 Å². The Hall–Kier alpha value is -1.33. The minimum absolute atomic E-state index is 0.0124. The van der Waals surface area contributed by atoms with E-state index in [2.05, 4.69) is 12.0 Å². The van der Waals surface area contributed by atoms with Crippen LogP contribution in [0, 0.1) is 0 Å². The van der Waals surface area contributed by atoms with Crippen LogP contribution in [0.4, 0.5) is 0 Å². The summed E-state index contributed by atoms with van der Waals surface area (Å²) in [5.74, 6) is 0.879. The number of hydrogen-bond donors (Lipinski definition) is 1. The molecular formula is C12H17N3OS. The molecule has 0 saturated carbocycles. The zero-order valence-electron chi connectivity index (χ0n) is 10.1. The molecule has 0 saturated heterocycles. The minimum atomic E-state index is 0.0124. The van der Waals surface area contributed by atoms with E-state index < -0.39 is 0 Å². The molecule has 0 fully saturated rings. The molecule has 17 heavy (non-hydrogen) atoms. The molecular weight excluding hydrogens is 234 g/mol. The van der Waals surface area contributed by atoms with Crippen molar-refractivity contribution in [1.29, 1.82) is 0 Å². The third-order valence-electron chi connectivity index (χ3n) is 2.66. The maximum absolute atomic E-state index is 6.16. The lowest BCUT2D eigenvalue weighted by Gasteiger charge is -2.07. The van der Waals surface area contributed by atoms with E-state index >= 15 is 0 Å². The highest BCUT2D eigenvalue weighted by atomic mass is 32.1. The number of ether oxygens (including phenoxy) is 1. The van der Waals surface area contributed by atoms with Crippen molar-refractivity contribution in [3.8, 4) is 5.75 Å². The van der Waals surface area contributed by atoms with Crippen LogP contribution in [0.15, 0.2) is 23.8 Å². The van der Waals surface area contributed by atoms with Gasteiger partial charge in [0.1, 0.15) is 5.75 Å². The summed E-state index contributed by atoms with van der Waals surface area (Å²) in [5, 5.41) is 6.22. The molecule has 0 aliphatic rings. The number of nitrogens with two attached hydrogens (primary N) is 1. The predicted molar refractivity (Wildman–Crippen MR) is 69.4 cm³/mol. The van der Waals surface area contributed by atoms with Crippen molar-refractivity contribution < 1.29 is 4.74 Å². The Morgan fingerprint density at radius 1 is 1.59 bits per heavy atom. The second-order valence-electron chi connectivity index (χ2n) is 3.90. The van der Waals surface area contributed by atoms with Crippen molar-refractivity contribution in [1.82, 2.24) is 9.78 Å². The van der Waals surface area contributed by atoms with Gasteiger partial charge in [0.2, 0.25) is 0 Å². The molecule has 0 bridgehead atoms. The molecule has 0 spiro atoms. The Labute approximate surface area is 105 Å². The summed E-state index contributed by atoms with van der Waals surface area (Å²) >= 11 is 1.64. The van der Waals surface area contributed by atoms with Crippen LogP contribution in [-0.4, -0.2) is 16.9 Å². The first kappa shape index (κ1) is 12.1. The van der Waals surface area contributed by atoms with Crippen molar-refractivity contribution in [3.63, 3.8) is 0 Å². The maximum Gasteiger partial charge on any atom is 0.129 e. The second kappa shape index (κ2) is 5.33. The first-order valence-corrected chi connectivity index (χ1v) is 6.50. The van der Waals surface area contributed by atoms with Crippen LogP contribution in [0.1, 0.15) is 23.4 Å². The van der Waals surface area contributed by atoms with Gasteiger partial charge in [0.05, 0.1) is 13.3 Å². The average Bonchev–Trinajstić information content (AvgIpc) is 2.96. The summed E-state index contributed by atoms with van der Waals surface area (Å²) < 4.78 is 7.07. The molecule has 1 atom stereocenters. The van der Waals surface area contributed by atoms with Gasteiger partial charge in [-0.15, -0.1) is 11.3 Å². The first-order valence-electron chi connectivity index (χ1n) is 5.62. The van der Waals surface area contributed by atoms with Crippen LogP contribution < -0.4 is 10.5 Å². The van der Waals surface area contributed by atoms with Gasteiger partial charge < -0.3 is 10.5 Å².